The largest absolute Gasteiger partial charge is 0.377 e. The Labute approximate surface area is 86.3 Å². The van der Waals surface area contributed by atoms with Crippen LogP contribution < -0.4 is 5.32 Å². The van der Waals surface area contributed by atoms with Crippen LogP contribution in [0.2, 0.25) is 0 Å². The number of anilines is 1. The van der Waals surface area contributed by atoms with Gasteiger partial charge >= 0.3 is 0 Å². The first-order valence-electron chi connectivity index (χ1n) is 4.85. The summed E-state index contributed by atoms with van der Waals surface area (Å²) in [5.74, 6) is -0.0194. The SMILES string of the molecule is O=[N+]([O-])c1cccc(F)c1NCC1CC1. The molecule has 15 heavy (non-hydrogen) atoms. The van der Waals surface area contributed by atoms with Crippen LogP contribution in [0.3, 0.4) is 0 Å². The molecule has 0 saturated heterocycles. The number of halogens is 1. The molecule has 2 rings (SSSR count). The smallest absolute Gasteiger partial charge is 0.295 e. The van der Waals surface area contributed by atoms with Crippen LogP contribution in [-0.4, -0.2) is 11.5 Å². The van der Waals surface area contributed by atoms with Gasteiger partial charge in [-0.3, -0.25) is 10.1 Å². The molecule has 5 heteroatoms. The molecular formula is C10H11FN2O2. The maximum atomic E-state index is 13.3. The third-order valence-corrected chi connectivity index (χ3v) is 2.45. The topological polar surface area (TPSA) is 55.2 Å². The first-order chi connectivity index (χ1) is 7.18. The third-order valence-electron chi connectivity index (χ3n) is 2.45. The summed E-state index contributed by atoms with van der Waals surface area (Å²) in [7, 11) is 0. The summed E-state index contributed by atoms with van der Waals surface area (Å²) in [5.41, 5.74) is -0.190. The van der Waals surface area contributed by atoms with Crippen molar-refractivity contribution in [2.24, 2.45) is 5.92 Å². The normalized spacial score (nSPS) is 15.0. The average Bonchev–Trinajstić information content (AvgIpc) is 2.99. The van der Waals surface area contributed by atoms with Crippen LogP contribution in [0.25, 0.3) is 0 Å². The van der Waals surface area contributed by atoms with E-state index in [2.05, 4.69) is 5.32 Å². The van der Waals surface area contributed by atoms with Gasteiger partial charge in [-0.25, -0.2) is 4.39 Å². The minimum atomic E-state index is -0.571. The van der Waals surface area contributed by atoms with Gasteiger partial charge in [0.25, 0.3) is 5.69 Å². The fourth-order valence-electron chi connectivity index (χ4n) is 1.41. The Morgan fingerprint density at radius 1 is 1.53 bits per heavy atom. The van der Waals surface area contributed by atoms with Gasteiger partial charge in [-0.2, -0.15) is 0 Å². The number of hydrogen-bond acceptors (Lipinski definition) is 3. The number of hydrogen-bond donors (Lipinski definition) is 1. The molecule has 0 atom stereocenters. The number of nitrogens with one attached hydrogen (secondary N) is 1. The van der Waals surface area contributed by atoms with E-state index in [1.807, 2.05) is 0 Å². The van der Waals surface area contributed by atoms with Gasteiger partial charge in [-0.1, -0.05) is 6.07 Å². The lowest BCUT2D eigenvalue weighted by Gasteiger charge is -2.06. The fraction of sp³-hybridized carbons (Fsp3) is 0.400. The van der Waals surface area contributed by atoms with E-state index in [9.17, 15) is 14.5 Å². The fourth-order valence-corrected chi connectivity index (χ4v) is 1.41. The zero-order valence-electron chi connectivity index (χ0n) is 8.07. The van der Waals surface area contributed by atoms with E-state index < -0.39 is 10.7 Å². The van der Waals surface area contributed by atoms with Crippen LogP contribution in [0.4, 0.5) is 15.8 Å². The van der Waals surface area contributed by atoms with Crippen LogP contribution in [-0.2, 0) is 0 Å². The first-order valence-corrected chi connectivity index (χ1v) is 4.85. The van der Waals surface area contributed by atoms with Crippen LogP contribution in [0.1, 0.15) is 12.8 Å². The lowest BCUT2D eigenvalue weighted by atomic mass is 10.2. The minimum Gasteiger partial charge on any atom is -0.377 e. The van der Waals surface area contributed by atoms with Gasteiger partial charge in [-0.05, 0) is 24.8 Å². The molecule has 4 nitrogen and oxygen atoms in total. The second-order valence-electron chi connectivity index (χ2n) is 3.72. The number of para-hydroxylation sites is 1. The van der Waals surface area contributed by atoms with Gasteiger partial charge < -0.3 is 5.32 Å². The van der Waals surface area contributed by atoms with Gasteiger partial charge in [0.2, 0.25) is 0 Å². The Morgan fingerprint density at radius 3 is 2.87 bits per heavy atom. The molecule has 0 unspecified atom stereocenters. The highest BCUT2D eigenvalue weighted by Crippen LogP contribution is 2.32. The van der Waals surface area contributed by atoms with Crippen molar-refractivity contribution in [3.05, 3.63) is 34.1 Å². The first kappa shape index (κ1) is 9.89. The van der Waals surface area contributed by atoms with Gasteiger partial charge in [-0.15, -0.1) is 0 Å². The van der Waals surface area contributed by atoms with E-state index in [0.29, 0.717) is 12.5 Å². The van der Waals surface area contributed by atoms with Gasteiger partial charge in [0, 0.05) is 12.6 Å². The van der Waals surface area contributed by atoms with Crippen LogP contribution in [0, 0.1) is 21.8 Å². The monoisotopic (exact) mass is 210 g/mol. The number of rotatable bonds is 4. The predicted octanol–water partition coefficient (Wildman–Crippen LogP) is 2.56. The molecule has 80 valence electrons. The molecule has 0 amide bonds. The zero-order valence-corrected chi connectivity index (χ0v) is 8.07. The molecule has 0 aromatic heterocycles. The van der Waals surface area contributed by atoms with Crippen molar-refractivity contribution < 1.29 is 9.31 Å². The molecule has 1 aliphatic rings. The highest BCUT2D eigenvalue weighted by Gasteiger charge is 2.23. The summed E-state index contributed by atoms with van der Waals surface area (Å²) < 4.78 is 13.3. The van der Waals surface area contributed by atoms with Gasteiger partial charge in [0.1, 0.15) is 5.69 Å². The van der Waals surface area contributed by atoms with Crippen LogP contribution >= 0.6 is 0 Å². The van der Waals surface area contributed by atoms with Gasteiger partial charge in [0.05, 0.1) is 4.92 Å². The average molecular weight is 210 g/mol. The molecule has 1 aromatic carbocycles. The maximum Gasteiger partial charge on any atom is 0.295 e. The summed E-state index contributed by atoms with van der Waals surface area (Å²) in [6.07, 6.45) is 2.24. The molecule has 0 aliphatic heterocycles. The van der Waals surface area contributed by atoms with E-state index in [1.165, 1.54) is 18.2 Å². The van der Waals surface area contributed by atoms with Crippen molar-refractivity contribution in [1.82, 2.24) is 0 Å². The summed E-state index contributed by atoms with van der Waals surface area (Å²) in [5, 5.41) is 13.4. The van der Waals surface area contributed by atoms with E-state index in [-0.39, 0.29) is 11.4 Å². The Kier molecular flexibility index (Phi) is 2.53. The van der Waals surface area contributed by atoms with E-state index in [4.69, 9.17) is 0 Å². The molecule has 0 bridgehead atoms. The molecule has 1 N–H and O–H groups in total. The standard InChI is InChI=1S/C10H11FN2O2/c11-8-2-1-3-9(13(14)15)10(8)12-6-7-4-5-7/h1-3,7,12H,4-6H2. The number of nitro benzene ring substituents is 1. The van der Waals surface area contributed by atoms with Crippen molar-refractivity contribution in [1.29, 1.82) is 0 Å². The minimum absolute atomic E-state index is 0.00870. The Morgan fingerprint density at radius 2 is 2.27 bits per heavy atom. The molecular weight excluding hydrogens is 199 g/mol. The molecule has 0 heterocycles. The molecule has 0 spiro atoms. The Bertz CT molecular complexity index is 391. The number of nitro groups is 1. The highest BCUT2D eigenvalue weighted by molar-refractivity contribution is 5.62. The van der Waals surface area contributed by atoms with Crippen LogP contribution in [0.5, 0.6) is 0 Å². The second-order valence-corrected chi connectivity index (χ2v) is 3.72. The van der Waals surface area contributed by atoms with Gasteiger partial charge in [0.15, 0.2) is 5.82 Å². The summed E-state index contributed by atoms with van der Waals surface area (Å²) in [6, 6.07) is 3.87. The Balaban J connectivity index is 2.20. The maximum absolute atomic E-state index is 13.3. The van der Waals surface area contributed by atoms with Crippen LogP contribution in [0.15, 0.2) is 18.2 Å². The lowest BCUT2D eigenvalue weighted by Crippen LogP contribution is -2.07. The summed E-state index contributed by atoms with van der Waals surface area (Å²) in [4.78, 5) is 10.1. The summed E-state index contributed by atoms with van der Waals surface area (Å²) >= 11 is 0. The third kappa shape index (κ3) is 2.23. The zero-order chi connectivity index (χ0) is 10.8. The predicted molar refractivity (Wildman–Crippen MR) is 54.3 cm³/mol. The van der Waals surface area contributed by atoms with E-state index in [0.717, 1.165) is 12.8 Å². The Hall–Kier alpha value is -1.65. The quantitative estimate of drug-likeness (QED) is 0.613. The van der Waals surface area contributed by atoms with Crippen molar-refractivity contribution >= 4 is 11.4 Å². The summed E-state index contributed by atoms with van der Waals surface area (Å²) in [6.45, 7) is 0.613. The van der Waals surface area contributed by atoms with Crippen molar-refractivity contribution in [2.45, 2.75) is 12.8 Å². The van der Waals surface area contributed by atoms with Crippen molar-refractivity contribution in [2.75, 3.05) is 11.9 Å². The molecule has 1 fully saturated rings. The van der Waals surface area contributed by atoms with E-state index >= 15 is 0 Å². The highest BCUT2D eigenvalue weighted by atomic mass is 19.1. The molecule has 1 aromatic rings. The van der Waals surface area contributed by atoms with E-state index in [1.54, 1.807) is 0 Å². The van der Waals surface area contributed by atoms with Crippen molar-refractivity contribution in [3.63, 3.8) is 0 Å². The number of nitrogens with zero attached hydrogens (tertiary/aromatic N) is 1. The molecule has 1 aliphatic carbocycles. The second kappa shape index (κ2) is 3.84. The van der Waals surface area contributed by atoms with Crippen molar-refractivity contribution in [3.8, 4) is 0 Å². The molecule has 0 radical (unpaired) electrons. The number of benzene rings is 1. The molecule has 1 saturated carbocycles. The lowest BCUT2D eigenvalue weighted by molar-refractivity contribution is -0.384.